The maximum absolute atomic E-state index is 13.3. The summed E-state index contributed by atoms with van der Waals surface area (Å²) in [6.45, 7) is 7.70. The van der Waals surface area contributed by atoms with E-state index < -0.39 is 11.7 Å². The zero-order valence-electron chi connectivity index (χ0n) is 19.0. The van der Waals surface area contributed by atoms with Crippen molar-refractivity contribution in [2.75, 3.05) is 7.05 Å². The number of halogens is 1. The molecule has 0 aromatic heterocycles. The molecule has 169 valence electrons. The molecule has 1 amide bonds. The lowest BCUT2D eigenvalue weighted by Crippen LogP contribution is -2.57. The van der Waals surface area contributed by atoms with E-state index in [9.17, 15) is 14.7 Å². The maximum atomic E-state index is 13.3. The number of carbonyl (C=O) groups is 2. The largest absolute Gasteiger partial charge is 0.458 e. The first-order chi connectivity index (χ1) is 14.5. The molecule has 6 atom stereocenters. The summed E-state index contributed by atoms with van der Waals surface area (Å²) >= 11 is 6.27. The van der Waals surface area contributed by atoms with Crippen LogP contribution in [0.4, 0.5) is 0 Å². The van der Waals surface area contributed by atoms with E-state index in [4.69, 9.17) is 16.3 Å². The van der Waals surface area contributed by atoms with Crippen LogP contribution >= 0.6 is 11.6 Å². The van der Waals surface area contributed by atoms with Gasteiger partial charge in [-0.2, -0.15) is 0 Å². The number of hydrogen-bond acceptors (Lipinski definition) is 4. The molecule has 0 aliphatic heterocycles. The van der Waals surface area contributed by atoms with E-state index in [2.05, 4.69) is 0 Å². The minimum atomic E-state index is -1.11. The molecular formula is C25H33ClNO4. The zero-order valence-corrected chi connectivity index (χ0v) is 19.7. The van der Waals surface area contributed by atoms with Gasteiger partial charge in [-0.3, -0.25) is 9.59 Å². The van der Waals surface area contributed by atoms with Gasteiger partial charge in [-0.1, -0.05) is 49.7 Å². The van der Waals surface area contributed by atoms with Crippen LogP contribution in [0.25, 0.3) is 0 Å². The maximum Gasteiger partial charge on any atom is 0.303 e. The molecule has 2 aliphatic carbocycles. The first kappa shape index (κ1) is 23.8. The molecule has 6 heteroatoms. The average molecular weight is 447 g/mol. The molecular weight excluding hydrogens is 414 g/mol. The lowest BCUT2D eigenvalue weighted by Gasteiger charge is -2.52. The smallest absolute Gasteiger partial charge is 0.303 e. The quantitative estimate of drug-likeness (QED) is 0.537. The van der Waals surface area contributed by atoms with Crippen molar-refractivity contribution in [2.45, 2.75) is 58.8 Å². The van der Waals surface area contributed by atoms with Gasteiger partial charge in [0.1, 0.15) is 6.10 Å². The summed E-state index contributed by atoms with van der Waals surface area (Å²) in [4.78, 5) is 26.5. The second kappa shape index (κ2) is 9.33. The fourth-order valence-corrected chi connectivity index (χ4v) is 5.36. The minimum absolute atomic E-state index is 0.00752. The molecule has 1 N–H and O–H groups in total. The van der Waals surface area contributed by atoms with Crippen LogP contribution in [0.5, 0.6) is 0 Å². The second-order valence-corrected chi connectivity index (χ2v) is 9.64. The van der Waals surface area contributed by atoms with Gasteiger partial charge in [0.2, 0.25) is 5.91 Å². The van der Waals surface area contributed by atoms with Crippen LogP contribution in [0.1, 0.15) is 46.1 Å². The topological polar surface area (TPSA) is 66.8 Å². The zero-order chi connectivity index (χ0) is 22.9. The van der Waals surface area contributed by atoms with Gasteiger partial charge in [-0.25, -0.2) is 0 Å². The molecule has 1 aromatic carbocycles. The third-order valence-electron chi connectivity index (χ3n) is 7.09. The van der Waals surface area contributed by atoms with Crippen molar-refractivity contribution < 1.29 is 19.4 Å². The molecule has 1 saturated carbocycles. The van der Waals surface area contributed by atoms with Crippen LogP contribution in [-0.4, -0.2) is 40.6 Å². The normalized spacial score (nSPS) is 31.3. The van der Waals surface area contributed by atoms with Gasteiger partial charge >= 0.3 is 5.97 Å². The molecule has 0 heterocycles. The van der Waals surface area contributed by atoms with Crippen LogP contribution in [0.15, 0.2) is 35.9 Å². The van der Waals surface area contributed by atoms with Crippen molar-refractivity contribution in [3.05, 3.63) is 52.9 Å². The van der Waals surface area contributed by atoms with Crippen LogP contribution in [-0.2, 0) is 20.9 Å². The SMILES string of the molecule is CC(=O)O[C@@H]1[CH][C@@]2(O)[C@H](C)CC[C@@H](C(C)C(=O)N(C)Cc3ccccc3Cl)[C@H]2C=C1C. The average Bonchev–Trinajstić information content (AvgIpc) is 2.71. The summed E-state index contributed by atoms with van der Waals surface area (Å²) in [6.07, 6.45) is 4.92. The van der Waals surface area contributed by atoms with Crippen molar-refractivity contribution in [2.24, 2.45) is 23.7 Å². The monoisotopic (exact) mass is 446 g/mol. The summed E-state index contributed by atoms with van der Waals surface area (Å²) < 4.78 is 5.41. The molecule has 2 aliphatic rings. The van der Waals surface area contributed by atoms with Crippen molar-refractivity contribution in [1.82, 2.24) is 4.90 Å². The number of ether oxygens (including phenoxy) is 1. The number of aliphatic hydroxyl groups is 1. The Morgan fingerprint density at radius 2 is 2.00 bits per heavy atom. The minimum Gasteiger partial charge on any atom is -0.458 e. The van der Waals surface area contributed by atoms with Gasteiger partial charge in [0.05, 0.1) is 5.60 Å². The van der Waals surface area contributed by atoms with Crippen LogP contribution in [0, 0.1) is 30.1 Å². The lowest BCUT2D eigenvalue weighted by molar-refractivity contribution is -0.149. The van der Waals surface area contributed by atoms with Crippen molar-refractivity contribution in [3.63, 3.8) is 0 Å². The number of hydrogen-bond donors (Lipinski definition) is 1. The summed E-state index contributed by atoms with van der Waals surface area (Å²) in [5, 5.41) is 12.3. The highest BCUT2D eigenvalue weighted by atomic mass is 35.5. The number of benzene rings is 1. The lowest BCUT2D eigenvalue weighted by atomic mass is 9.56. The summed E-state index contributed by atoms with van der Waals surface area (Å²) in [6, 6.07) is 7.54. The first-order valence-electron chi connectivity index (χ1n) is 11.0. The summed E-state index contributed by atoms with van der Waals surface area (Å²) in [7, 11) is 1.80. The molecule has 1 unspecified atom stereocenters. The molecule has 1 radical (unpaired) electrons. The van der Waals surface area contributed by atoms with Crippen LogP contribution in [0.2, 0.25) is 5.02 Å². The van der Waals surface area contributed by atoms with E-state index in [-0.39, 0.29) is 35.5 Å². The first-order valence-corrected chi connectivity index (χ1v) is 11.3. The number of rotatable bonds is 5. The number of amides is 1. The molecule has 31 heavy (non-hydrogen) atoms. The van der Waals surface area contributed by atoms with Gasteiger partial charge < -0.3 is 14.7 Å². The molecule has 1 fully saturated rings. The van der Waals surface area contributed by atoms with Crippen molar-refractivity contribution in [3.8, 4) is 0 Å². The number of fused-ring (bicyclic) bond motifs is 1. The van der Waals surface area contributed by atoms with Crippen molar-refractivity contribution >= 4 is 23.5 Å². The Labute approximate surface area is 190 Å². The van der Waals surface area contributed by atoms with Gasteiger partial charge in [0.25, 0.3) is 0 Å². The Morgan fingerprint density at radius 1 is 1.32 bits per heavy atom. The predicted octanol–water partition coefficient (Wildman–Crippen LogP) is 4.42. The van der Waals surface area contributed by atoms with Gasteiger partial charge in [0, 0.05) is 43.8 Å². The second-order valence-electron chi connectivity index (χ2n) is 9.24. The van der Waals surface area contributed by atoms with Crippen LogP contribution < -0.4 is 0 Å². The molecule has 0 bridgehead atoms. The number of nitrogens with zero attached hydrogens (tertiary/aromatic N) is 1. The van der Waals surface area contributed by atoms with E-state index in [0.717, 1.165) is 24.0 Å². The fourth-order valence-electron chi connectivity index (χ4n) is 5.17. The van der Waals surface area contributed by atoms with Gasteiger partial charge in [-0.05, 0) is 48.8 Å². The van der Waals surface area contributed by atoms with Crippen LogP contribution in [0.3, 0.4) is 0 Å². The fraction of sp³-hybridized carbons (Fsp3) is 0.560. The highest BCUT2D eigenvalue weighted by Crippen LogP contribution is 2.51. The highest BCUT2D eigenvalue weighted by molar-refractivity contribution is 6.31. The van der Waals surface area contributed by atoms with E-state index in [1.807, 2.05) is 51.1 Å². The molecule has 0 spiro atoms. The summed E-state index contributed by atoms with van der Waals surface area (Å²) in [5.41, 5.74) is 0.693. The Hall–Kier alpha value is -1.85. The molecule has 1 aromatic rings. The highest BCUT2D eigenvalue weighted by Gasteiger charge is 2.53. The Bertz CT molecular complexity index is 869. The Kier molecular flexibility index (Phi) is 7.17. The van der Waals surface area contributed by atoms with Crippen molar-refractivity contribution in [1.29, 1.82) is 0 Å². The third-order valence-corrected chi connectivity index (χ3v) is 7.46. The van der Waals surface area contributed by atoms with Gasteiger partial charge in [0.15, 0.2) is 0 Å². The molecule has 5 nitrogen and oxygen atoms in total. The van der Waals surface area contributed by atoms with Gasteiger partial charge in [-0.15, -0.1) is 0 Å². The molecule has 0 saturated heterocycles. The Balaban J connectivity index is 1.81. The standard InChI is InChI=1S/C25H33ClNO4/c1-15-12-21-20(11-10-16(2)25(21,30)13-23(15)31-18(4)28)17(3)24(29)27(5)14-19-8-6-7-9-22(19)26/h6-9,12-13,16-17,20-21,23,30H,10-11,14H2,1-5H3/t16-,17?,20+,21-,23-,25-/m1/s1. The predicted molar refractivity (Wildman–Crippen MR) is 121 cm³/mol. The number of carbonyl (C=O) groups excluding carboxylic acids is 2. The Morgan fingerprint density at radius 3 is 2.65 bits per heavy atom. The van der Waals surface area contributed by atoms with E-state index in [1.54, 1.807) is 18.4 Å². The number of esters is 1. The summed E-state index contributed by atoms with van der Waals surface area (Å²) in [5.74, 6) is -0.795. The van der Waals surface area contributed by atoms with E-state index >= 15 is 0 Å². The van der Waals surface area contributed by atoms with E-state index in [0.29, 0.717) is 11.6 Å². The third kappa shape index (κ3) is 4.83. The molecule has 3 rings (SSSR count). The van der Waals surface area contributed by atoms with E-state index in [1.165, 1.54) is 6.92 Å².